The molecule has 1 rings (SSSR count). The largest absolute Gasteiger partial charge is 0.339 e. The molecule has 1 aromatic rings. The van der Waals surface area contributed by atoms with Crippen LogP contribution in [0, 0.1) is 0 Å². The van der Waals surface area contributed by atoms with Crippen LogP contribution >= 0.6 is 11.6 Å². The van der Waals surface area contributed by atoms with Gasteiger partial charge in [0.1, 0.15) is 0 Å². The van der Waals surface area contributed by atoms with Gasteiger partial charge in [0.15, 0.2) is 5.69 Å². The minimum absolute atomic E-state index is 0.0687. The second kappa shape index (κ2) is 4.23. The summed E-state index contributed by atoms with van der Waals surface area (Å²) in [5.74, 6) is -0.179. The van der Waals surface area contributed by atoms with Gasteiger partial charge in [-0.25, -0.2) is 0 Å². The average Bonchev–Trinajstić information content (AvgIpc) is 2.53. The Balaban J connectivity index is 2.58. The summed E-state index contributed by atoms with van der Waals surface area (Å²) < 4.78 is 0. The predicted octanol–water partition coefficient (Wildman–Crippen LogP) is 0.504. The van der Waals surface area contributed by atoms with Crippen molar-refractivity contribution >= 4 is 17.5 Å². The molecule has 0 spiro atoms. The molecule has 1 atom stereocenters. The van der Waals surface area contributed by atoms with Crippen molar-refractivity contribution < 1.29 is 4.79 Å². The highest BCUT2D eigenvalue weighted by atomic mass is 35.5. The first kappa shape index (κ1) is 9.98. The number of hydrogen-bond donors (Lipinski definition) is 1. The van der Waals surface area contributed by atoms with Gasteiger partial charge in [0.2, 0.25) is 0 Å². The van der Waals surface area contributed by atoms with E-state index in [1.54, 1.807) is 7.05 Å². The standard InChI is InChI=1S/C7H11ClN4O/c1-5(8)4-12(2)7(13)6-3-9-11-10-6/h3,5H,4H2,1-2H3,(H,9,10,11). The summed E-state index contributed by atoms with van der Waals surface area (Å²) in [4.78, 5) is 13.0. The fraction of sp³-hybridized carbons (Fsp3) is 0.571. The summed E-state index contributed by atoms with van der Waals surface area (Å²) in [5, 5.41) is 9.53. The number of aromatic amines is 1. The predicted molar refractivity (Wildman–Crippen MR) is 48.7 cm³/mol. The molecule has 1 N–H and O–H groups in total. The maximum Gasteiger partial charge on any atom is 0.275 e. The van der Waals surface area contributed by atoms with E-state index in [2.05, 4.69) is 15.4 Å². The van der Waals surface area contributed by atoms with Gasteiger partial charge in [-0.15, -0.1) is 11.6 Å². The quantitative estimate of drug-likeness (QED) is 0.727. The van der Waals surface area contributed by atoms with Crippen molar-refractivity contribution in [3.05, 3.63) is 11.9 Å². The number of amides is 1. The van der Waals surface area contributed by atoms with Gasteiger partial charge >= 0.3 is 0 Å². The molecular weight excluding hydrogens is 192 g/mol. The van der Waals surface area contributed by atoms with E-state index in [9.17, 15) is 4.79 Å². The van der Waals surface area contributed by atoms with E-state index in [-0.39, 0.29) is 11.3 Å². The first-order chi connectivity index (χ1) is 6.11. The molecule has 13 heavy (non-hydrogen) atoms. The molecule has 6 heteroatoms. The minimum atomic E-state index is -0.179. The highest BCUT2D eigenvalue weighted by Gasteiger charge is 2.15. The van der Waals surface area contributed by atoms with Crippen LogP contribution in [0.4, 0.5) is 0 Å². The zero-order valence-corrected chi connectivity index (χ0v) is 8.25. The van der Waals surface area contributed by atoms with Gasteiger partial charge in [-0.05, 0) is 6.92 Å². The van der Waals surface area contributed by atoms with Crippen molar-refractivity contribution in [3.63, 3.8) is 0 Å². The number of aromatic nitrogens is 3. The Morgan fingerprint density at radius 1 is 1.85 bits per heavy atom. The topological polar surface area (TPSA) is 61.9 Å². The zero-order valence-electron chi connectivity index (χ0n) is 7.49. The fourth-order valence-electron chi connectivity index (χ4n) is 0.960. The molecule has 0 saturated carbocycles. The second-order valence-corrected chi connectivity index (χ2v) is 3.57. The summed E-state index contributed by atoms with van der Waals surface area (Å²) in [6, 6.07) is 0. The Hall–Kier alpha value is -1.10. The van der Waals surface area contributed by atoms with Crippen LogP contribution in [0.1, 0.15) is 17.4 Å². The van der Waals surface area contributed by atoms with E-state index in [1.165, 1.54) is 11.1 Å². The molecule has 0 fully saturated rings. The van der Waals surface area contributed by atoms with Gasteiger partial charge in [0, 0.05) is 19.0 Å². The van der Waals surface area contributed by atoms with Crippen LogP contribution in [-0.2, 0) is 0 Å². The Bertz CT molecular complexity index is 272. The van der Waals surface area contributed by atoms with Crippen LogP contribution in [0.5, 0.6) is 0 Å². The van der Waals surface area contributed by atoms with Crippen LogP contribution in [0.25, 0.3) is 0 Å². The third-order valence-corrected chi connectivity index (χ3v) is 1.64. The SMILES string of the molecule is CC(Cl)CN(C)C(=O)c1cn[nH]n1. The number of hydrogen-bond acceptors (Lipinski definition) is 3. The Kier molecular flexibility index (Phi) is 3.25. The van der Waals surface area contributed by atoms with E-state index < -0.39 is 0 Å². The summed E-state index contributed by atoms with van der Waals surface area (Å²) in [6.07, 6.45) is 1.39. The second-order valence-electron chi connectivity index (χ2n) is 2.82. The van der Waals surface area contributed by atoms with Gasteiger partial charge in [-0.3, -0.25) is 4.79 Å². The molecule has 0 aliphatic rings. The number of nitrogens with zero attached hydrogens (tertiary/aromatic N) is 3. The lowest BCUT2D eigenvalue weighted by Gasteiger charge is -2.16. The van der Waals surface area contributed by atoms with Crippen molar-refractivity contribution in [1.82, 2.24) is 20.3 Å². The van der Waals surface area contributed by atoms with Crippen molar-refractivity contribution in [2.24, 2.45) is 0 Å². The molecule has 0 aliphatic heterocycles. The van der Waals surface area contributed by atoms with Crippen molar-refractivity contribution in [1.29, 1.82) is 0 Å². The molecule has 0 aliphatic carbocycles. The molecule has 0 aromatic carbocycles. The molecule has 0 bridgehead atoms. The van der Waals surface area contributed by atoms with Gasteiger partial charge in [-0.2, -0.15) is 15.4 Å². The molecule has 0 saturated heterocycles. The number of H-pyrrole nitrogens is 1. The number of rotatable bonds is 3. The van der Waals surface area contributed by atoms with Gasteiger partial charge in [-0.1, -0.05) is 0 Å². The van der Waals surface area contributed by atoms with Crippen LogP contribution < -0.4 is 0 Å². The molecule has 1 unspecified atom stereocenters. The highest BCUT2D eigenvalue weighted by Crippen LogP contribution is 2.01. The fourth-order valence-corrected chi connectivity index (χ4v) is 1.17. The van der Waals surface area contributed by atoms with E-state index >= 15 is 0 Å². The number of halogens is 1. The minimum Gasteiger partial charge on any atom is -0.339 e. The summed E-state index contributed by atoms with van der Waals surface area (Å²) in [6.45, 7) is 2.32. The Morgan fingerprint density at radius 2 is 2.54 bits per heavy atom. The molecule has 1 heterocycles. The highest BCUT2D eigenvalue weighted by molar-refractivity contribution is 6.20. The van der Waals surface area contributed by atoms with Crippen LogP contribution in [0.2, 0.25) is 0 Å². The van der Waals surface area contributed by atoms with E-state index in [0.29, 0.717) is 12.2 Å². The molecular formula is C7H11ClN4O. The maximum absolute atomic E-state index is 11.5. The van der Waals surface area contributed by atoms with Crippen LogP contribution in [0.15, 0.2) is 6.20 Å². The molecule has 5 nitrogen and oxygen atoms in total. The maximum atomic E-state index is 11.5. The lowest BCUT2D eigenvalue weighted by atomic mass is 10.3. The van der Waals surface area contributed by atoms with Gasteiger partial charge in [0.05, 0.1) is 6.20 Å². The van der Waals surface area contributed by atoms with Gasteiger partial charge < -0.3 is 4.90 Å². The van der Waals surface area contributed by atoms with Crippen molar-refractivity contribution in [3.8, 4) is 0 Å². The summed E-state index contributed by atoms with van der Waals surface area (Å²) in [5.41, 5.74) is 0.305. The monoisotopic (exact) mass is 202 g/mol. The first-order valence-corrected chi connectivity index (χ1v) is 4.30. The van der Waals surface area contributed by atoms with Crippen molar-refractivity contribution in [2.45, 2.75) is 12.3 Å². The normalized spacial score (nSPS) is 12.5. The Labute approximate surface area is 81.1 Å². The lowest BCUT2D eigenvalue weighted by molar-refractivity contribution is 0.0790. The van der Waals surface area contributed by atoms with Crippen LogP contribution in [0.3, 0.4) is 0 Å². The number of nitrogens with one attached hydrogen (secondary N) is 1. The number of alkyl halides is 1. The van der Waals surface area contributed by atoms with E-state index in [1.807, 2.05) is 6.92 Å². The van der Waals surface area contributed by atoms with E-state index in [0.717, 1.165) is 0 Å². The van der Waals surface area contributed by atoms with Gasteiger partial charge in [0.25, 0.3) is 5.91 Å². The first-order valence-electron chi connectivity index (χ1n) is 3.86. The average molecular weight is 203 g/mol. The summed E-state index contributed by atoms with van der Waals surface area (Å²) in [7, 11) is 1.68. The summed E-state index contributed by atoms with van der Waals surface area (Å²) >= 11 is 5.74. The lowest BCUT2D eigenvalue weighted by Crippen LogP contribution is -2.31. The third kappa shape index (κ3) is 2.69. The third-order valence-electron chi connectivity index (χ3n) is 1.51. The molecule has 0 radical (unpaired) electrons. The van der Waals surface area contributed by atoms with E-state index in [4.69, 9.17) is 11.6 Å². The molecule has 1 amide bonds. The Morgan fingerprint density at radius 3 is 3.00 bits per heavy atom. The number of carbonyl (C=O) groups is 1. The number of carbonyl (C=O) groups excluding carboxylic acids is 1. The molecule has 1 aromatic heterocycles. The van der Waals surface area contributed by atoms with Crippen LogP contribution in [-0.4, -0.2) is 45.2 Å². The zero-order chi connectivity index (χ0) is 9.84. The molecule has 72 valence electrons. The van der Waals surface area contributed by atoms with Crippen molar-refractivity contribution in [2.75, 3.05) is 13.6 Å². The smallest absolute Gasteiger partial charge is 0.275 e.